The highest BCUT2D eigenvalue weighted by atomic mass is 79.9. The highest BCUT2D eigenvalue weighted by molar-refractivity contribution is 9.11. The molecule has 5 nitrogen and oxygen atoms in total. The van der Waals surface area contributed by atoms with Crippen molar-refractivity contribution in [3.63, 3.8) is 0 Å². The van der Waals surface area contributed by atoms with Crippen LogP contribution in [0.1, 0.15) is 0 Å². The smallest absolute Gasteiger partial charge is 0.271 e. The lowest BCUT2D eigenvalue weighted by molar-refractivity contribution is 0.603. The van der Waals surface area contributed by atoms with Gasteiger partial charge in [0.15, 0.2) is 0 Å². The first-order valence-electron chi connectivity index (χ1n) is 6.03. The van der Waals surface area contributed by atoms with Gasteiger partial charge in [-0.1, -0.05) is 12.1 Å². The van der Waals surface area contributed by atoms with Crippen LogP contribution in [0.3, 0.4) is 0 Å². The molecule has 3 rings (SSSR count). The molecule has 0 aliphatic heterocycles. The van der Waals surface area contributed by atoms with Crippen LogP contribution >= 0.6 is 43.2 Å². The molecule has 1 aromatic carbocycles. The summed E-state index contributed by atoms with van der Waals surface area (Å²) < 4.78 is 30.9. The summed E-state index contributed by atoms with van der Waals surface area (Å²) in [6.07, 6.45) is 3.40. The Labute approximate surface area is 148 Å². The van der Waals surface area contributed by atoms with Crippen molar-refractivity contribution in [2.24, 2.45) is 0 Å². The number of thiophene rings is 1. The van der Waals surface area contributed by atoms with Gasteiger partial charge in [-0.05, 0) is 56.1 Å². The van der Waals surface area contributed by atoms with Gasteiger partial charge in [0, 0.05) is 6.20 Å². The molecule has 0 aliphatic rings. The van der Waals surface area contributed by atoms with E-state index in [1.807, 2.05) is 6.07 Å². The molecule has 0 saturated heterocycles. The van der Waals surface area contributed by atoms with Gasteiger partial charge in [-0.3, -0.25) is 4.72 Å². The summed E-state index contributed by atoms with van der Waals surface area (Å²) in [7, 11) is -3.63. The minimum Gasteiger partial charge on any atom is -0.277 e. The van der Waals surface area contributed by atoms with Gasteiger partial charge in [-0.25, -0.2) is 13.1 Å². The quantitative estimate of drug-likeness (QED) is 0.629. The van der Waals surface area contributed by atoms with Gasteiger partial charge in [0.25, 0.3) is 10.0 Å². The van der Waals surface area contributed by atoms with E-state index < -0.39 is 10.0 Å². The van der Waals surface area contributed by atoms with Crippen molar-refractivity contribution < 1.29 is 8.42 Å². The first kappa shape index (κ1) is 15.7. The molecule has 1 N–H and O–H groups in total. The Bertz CT molecular complexity index is 919. The van der Waals surface area contributed by atoms with Crippen LogP contribution in [-0.2, 0) is 10.0 Å². The topological polar surface area (TPSA) is 64.0 Å². The van der Waals surface area contributed by atoms with Gasteiger partial charge in [-0.2, -0.15) is 5.10 Å². The number of sulfonamides is 1. The molecule has 22 heavy (non-hydrogen) atoms. The van der Waals surface area contributed by atoms with Crippen molar-refractivity contribution in [3.05, 3.63) is 57.1 Å². The van der Waals surface area contributed by atoms with Gasteiger partial charge in [0.2, 0.25) is 0 Å². The summed E-state index contributed by atoms with van der Waals surface area (Å²) in [5.74, 6) is 0. The third-order valence-corrected chi connectivity index (χ3v) is 6.65. The van der Waals surface area contributed by atoms with Crippen molar-refractivity contribution in [2.45, 2.75) is 4.21 Å². The molecular weight excluding hydrogens is 454 g/mol. The molecular formula is C13H9Br2N3O2S2. The minimum absolute atomic E-state index is 0.246. The Morgan fingerprint density at radius 1 is 1.14 bits per heavy atom. The van der Waals surface area contributed by atoms with Crippen molar-refractivity contribution in [1.29, 1.82) is 0 Å². The van der Waals surface area contributed by atoms with Crippen molar-refractivity contribution >= 4 is 58.9 Å². The Hall–Kier alpha value is -1.16. The predicted octanol–water partition coefficient (Wildman–Crippen LogP) is 4.26. The monoisotopic (exact) mass is 461 g/mol. The lowest BCUT2D eigenvalue weighted by Gasteiger charge is -2.11. The summed E-state index contributed by atoms with van der Waals surface area (Å²) >= 11 is 7.76. The number of rotatable bonds is 4. The standard InChI is InChI=1S/C13H9Br2N3O2S2/c14-9-7-16-18(8-9)11-4-2-1-3-10(11)17-22(19,20)13-6-5-12(15)21-13/h1-8,17H. The molecule has 2 aromatic heterocycles. The van der Waals surface area contributed by atoms with E-state index in [1.54, 1.807) is 47.4 Å². The summed E-state index contributed by atoms with van der Waals surface area (Å²) in [4.78, 5) is 0. The molecule has 2 heterocycles. The number of para-hydroxylation sites is 2. The van der Waals surface area contributed by atoms with Crippen molar-refractivity contribution in [1.82, 2.24) is 9.78 Å². The molecule has 0 unspecified atom stereocenters. The highest BCUT2D eigenvalue weighted by Gasteiger charge is 2.18. The van der Waals surface area contributed by atoms with Gasteiger partial charge >= 0.3 is 0 Å². The Morgan fingerprint density at radius 2 is 1.91 bits per heavy atom. The molecule has 3 aromatic rings. The molecule has 114 valence electrons. The summed E-state index contributed by atoms with van der Waals surface area (Å²) in [5, 5.41) is 4.18. The maximum atomic E-state index is 12.4. The van der Waals surface area contributed by atoms with Gasteiger partial charge < -0.3 is 0 Å². The predicted molar refractivity (Wildman–Crippen MR) is 94.1 cm³/mol. The Morgan fingerprint density at radius 3 is 2.55 bits per heavy atom. The first-order chi connectivity index (χ1) is 10.5. The van der Waals surface area contributed by atoms with Crippen molar-refractivity contribution in [3.8, 4) is 5.69 Å². The number of nitrogens with zero attached hydrogens (tertiary/aromatic N) is 2. The molecule has 9 heteroatoms. The van der Waals surface area contributed by atoms with Crippen LogP contribution < -0.4 is 4.72 Å². The van der Waals surface area contributed by atoms with Crippen LogP contribution in [0.4, 0.5) is 5.69 Å². The first-order valence-corrected chi connectivity index (χ1v) is 9.92. The van der Waals surface area contributed by atoms with Gasteiger partial charge in [-0.15, -0.1) is 11.3 Å². The average molecular weight is 463 g/mol. The normalized spacial score (nSPS) is 11.5. The van der Waals surface area contributed by atoms with Crippen LogP contribution in [0.2, 0.25) is 0 Å². The fourth-order valence-corrected chi connectivity index (χ4v) is 5.20. The van der Waals surface area contributed by atoms with E-state index in [-0.39, 0.29) is 4.21 Å². The molecule has 0 atom stereocenters. The zero-order chi connectivity index (χ0) is 15.7. The number of hydrogen-bond acceptors (Lipinski definition) is 4. The summed E-state index contributed by atoms with van der Waals surface area (Å²) in [6, 6.07) is 10.3. The number of halogens is 2. The fourth-order valence-electron chi connectivity index (χ4n) is 1.83. The Balaban J connectivity index is 2.00. The van der Waals surface area contributed by atoms with Crippen LogP contribution in [0.25, 0.3) is 5.69 Å². The molecule has 0 radical (unpaired) electrons. The zero-order valence-corrected chi connectivity index (χ0v) is 15.7. The van der Waals surface area contributed by atoms with E-state index in [0.29, 0.717) is 11.4 Å². The fraction of sp³-hybridized carbons (Fsp3) is 0. The summed E-state index contributed by atoms with van der Waals surface area (Å²) in [5.41, 5.74) is 1.11. The molecule has 0 amide bonds. The third-order valence-electron chi connectivity index (χ3n) is 2.76. The van der Waals surface area contributed by atoms with E-state index in [9.17, 15) is 8.42 Å². The van der Waals surface area contributed by atoms with E-state index in [2.05, 4.69) is 41.7 Å². The Kier molecular flexibility index (Phi) is 4.40. The maximum absolute atomic E-state index is 12.4. The second kappa shape index (κ2) is 6.15. The summed E-state index contributed by atoms with van der Waals surface area (Å²) in [6.45, 7) is 0. The van der Waals surface area contributed by atoms with Gasteiger partial charge in [0.05, 0.1) is 25.8 Å². The molecule has 0 saturated carbocycles. The number of hydrogen-bond donors (Lipinski definition) is 1. The van der Waals surface area contributed by atoms with Crippen LogP contribution in [-0.4, -0.2) is 18.2 Å². The second-order valence-electron chi connectivity index (χ2n) is 4.28. The molecule has 0 fully saturated rings. The zero-order valence-electron chi connectivity index (χ0n) is 10.9. The maximum Gasteiger partial charge on any atom is 0.271 e. The highest BCUT2D eigenvalue weighted by Crippen LogP contribution is 2.29. The van der Waals surface area contributed by atoms with E-state index in [4.69, 9.17) is 0 Å². The number of aromatic nitrogens is 2. The average Bonchev–Trinajstić information content (AvgIpc) is 3.08. The van der Waals surface area contributed by atoms with Crippen LogP contribution in [0, 0.1) is 0 Å². The number of nitrogens with one attached hydrogen (secondary N) is 1. The molecule has 0 aliphatic carbocycles. The SMILES string of the molecule is O=S(=O)(Nc1ccccc1-n1cc(Br)cn1)c1ccc(Br)s1. The lowest BCUT2D eigenvalue weighted by atomic mass is 10.3. The minimum atomic E-state index is -3.63. The third kappa shape index (κ3) is 3.27. The van der Waals surface area contributed by atoms with E-state index >= 15 is 0 Å². The molecule has 0 spiro atoms. The van der Waals surface area contributed by atoms with E-state index in [1.165, 1.54) is 0 Å². The second-order valence-corrected chi connectivity index (χ2v) is 9.57. The number of anilines is 1. The van der Waals surface area contributed by atoms with Gasteiger partial charge in [0.1, 0.15) is 4.21 Å². The van der Waals surface area contributed by atoms with Crippen LogP contribution in [0.5, 0.6) is 0 Å². The van der Waals surface area contributed by atoms with Crippen molar-refractivity contribution in [2.75, 3.05) is 4.72 Å². The molecule has 0 bridgehead atoms. The lowest BCUT2D eigenvalue weighted by Crippen LogP contribution is -2.13. The number of benzene rings is 1. The largest absolute Gasteiger partial charge is 0.277 e. The van der Waals surface area contributed by atoms with Crippen LogP contribution in [0.15, 0.2) is 61.3 Å². The van der Waals surface area contributed by atoms with E-state index in [0.717, 1.165) is 19.6 Å².